The van der Waals surface area contributed by atoms with Crippen molar-refractivity contribution in [3.8, 4) is 5.88 Å². The SMILES string of the molecule is CCSc1nc(O)cc(=O)n1C. The van der Waals surface area contributed by atoms with E-state index in [4.69, 9.17) is 5.11 Å². The van der Waals surface area contributed by atoms with Gasteiger partial charge in [0, 0.05) is 7.05 Å². The van der Waals surface area contributed by atoms with Crippen molar-refractivity contribution in [1.29, 1.82) is 0 Å². The molecule has 12 heavy (non-hydrogen) atoms. The maximum Gasteiger partial charge on any atom is 0.257 e. The molecule has 0 fully saturated rings. The average Bonchev–Trinajstić information content (AvgIpc) is 2.00. The number of hydrogen-bond acceptors (Lipinski definition) is 4. The van der Waals surface area contributed by atoms with Crippen molar-refractivity contribution in [3.05, 3.63) is 16.4 Å². The second-order valence-corrected chi connectivity index (χ2v) is 3.46. The van der Waals surface area contributed by atoms with Gasteiger partial charge in [-0.25, -0.2) is 0 Å². The predicted molar refractivity (Wildman–Crippen MR) is 47.5 cm³/mol. The van der Waals surface area contributed by atoms with E-state index in [0.29, 0.717) is 5.16 Å². The van der Waals surface area contributed by atoms with Crippen LogP contribution in [0.1, 0.15) is 6.92 Å². The van der Waals surface area contributed by atoms with Gasteiger partial charge in [-0.2, -0.15) is 4.98 Å². The highest BCUT2D eigenvalue weighted by atomic mass is 32.2. The number of aromatic hydroxyl groups is 1. The fourth-order valence-electron chi connectivity index (χ4n) is 0.765. The van der Waals surface area contributed by atoms with Crippen molar-refractivity contribution in [3.63, 3.8) is 0 Å². The lowest BCUT2D eigenvalue weighted by molar-refractivity contribution is 0.437. The number of nitrogens with zero attached hydrogens (tertiary/aromatic N) is 2. The Morgan fingerprint density at radius 1 is 1.75 bits per heavy atom. The molecule has 0 radical (unpaired) electrons. The lowest BCUT2D eigenvalue weighted by atomic mass is 10.6. The van der Waals surface area contributed by atoms with Crippen molar-refractivity contribution in [2.75, 3.05) is 5.75 Å². The van der Waals surface area contributed by atoms with Gasteiger partial charge in [-0.1, -0.05) is 18.7 Å². The largest absolute Gasteiger partial charge is 0.493 e. The quantitative estimate of drug-likeness (QED) is 0.542. The third-order valence-corrected chi connectivity index (χ3v) is 2.27. The van der Waals surface area contributed by atoms with Gasteiger partial charge in [0.05, 0.1) is 6.07 Å². The molecular weight excluding hydrogens is 176 g/mol. The van der Waals surface area contributed by atoms with Crippen LogP contribution in [0.4, 0.5) is 0 Å². The maximum absolute atomic E-state index is 11.1. The van der Waals surface area contributed by atoms with E-state index in [9.17, 15) is 4.79 Å². The molecule has 1 aromatic rings. The van der Waals surface area contributed by atoms with Gasteiger partial charge >= 0.3 is 0 Å². The Hall–Kier alpha value is -0.970. The van der Waals surface area contributed by atoms with Gasteiger partial charge in [-0.3, -0.25) is 9.36 Å². The lowest BCUT2D eigenvalue weighted by Gasteiger charge is -2.03. The number of rotatable bonds is 2. The van der Waals surface area contributed by atoms with E-state index < -0.39 is 0 Å². The van der Waals surface area contributed by atoms with Gasteiger partial charge in [-0.05, 0) is 5.75 Å². The Morgan fingerprint density at radius 3 is 3.00 bits per heavy atom. The molecule has 0 amide bonds. The van der Waals surface area contributed by atoms with Crippen LogP contribution < -0.4 is 5.56 Å². The Balaban J connectivity index is 3.18. The van der Waals surface area contributed by atoms with Crippen LogP contribution in [-0.4, -0.2) is 20.4 Å². The van der Waals surface area contributed by atoms with Crippen molar-refractivity contribution in [2.45, 2.75) is 12.1 Å². The predicted octanol–water partition coefficient (Wildman–Crippen LogP) is 0.598. The fraction of sp³-hybridized carbons (Fsp3) is 0.429. The first-order valence-electron chi connectivity index (χ1n) is 3.55. The van der Waals surface area contributed by atoms with Crippen LogP contribution in [-0.2, 0) is 7.05 Å². The highest BCUT2D eigenvalue weighted by Crippen LogP contribution is 2.13. The van der Waals surface area contributed by atoms with Crippen LogP contribution in [0.3, 0.4) is 0 Å². The van der Waals surface area contributed by atoms with E-state index in [1.165, 1.54) is 16.3 Å². The first kappa shape index (κ1) is 9.12. The first-order chi connectivity index (χ1) is 5.65. The summed E-state index contributed by atoms with van der Waals surface area (Å²) in [5.74, 6) is 0.609. The zero-order chi connectivity index (χ0) is 9.14. The summed E-state index contributed by atoms with van der Waals surface area (Å²) < 4.78 is 1.41. The van der Waals surface area contributed by atoms with E-state index in [1.807, 2.05) is 6.92 Å². The Labute approximate surface area is 74.3 Å². The molecule has 1 rings (SSSR count). The minimum atomic E-state index is -0.238. The fourth-order valence-corrected chi connectivity index (χ4v) is 1.46. The van der Waals surface area contributed by atoms with E-state index in [0.717, 1.165) is 11.8 Å². The molecule has 0 aliphatic rings. The molecule has 0 unspecified atom stereocenters. The zero-order valence-electron chi connectivity index (χ0n) is 6.94. The molecule has 0 aromatic carbocycles. The summed E-state index contributed by atoms with van der Waals surface area (Å²) in [5.41, 5.74) is -0.238. The number of aromatic nitrogens is 2. The second kappa shape index (κ2) is 3.62. The van der Waals surface area contributed by atoms with Gasteiger partial charge in [-0.15, -0.1) is 0 Å². The molecule has 0 aliphatic carbocycles. The molecule has 4 nitrogen and oxygen atoms in total. The van der Waals surface area contributed by atoms with Crippen LogP contribution in [0.2, 0.25) is 0 Å². The highest BCUT2D eigenvalue weighted by molar-refractivity contribution is 7.99. The Morgan fingerprint density at radius 2 is 2.42 bits per heavy atom. The van der Waals surface area contributed by atoms with Crippen molar-refractivity contribution >= 4 is 11.8 Å². The Kier molecular flexibility index (Phi) is 2.75. The zero-order valence-corrected chi connectivity index (χ0v) is 7.76. The third-order valence-electron chi connectivity index (χ3n) is 1.35. The standard InChI is InChI=1S/C7H10N2O2S/c1-3-12-7-8-5(10)4-6(11)9(7)2/h4,10H,3H2,1-2H3. The molecule has 1 aromatic heterocycles. The van der Waals surface area contributed by atoms with E-state index >= 15 is 0 Å². The average molecular weight is 186 g/mol. The van der Waals surface area contributed by atoms with Crippen molar-refractivity contribution in [1.82, 2.24) is 9.55 Å². The minimum Gasteiger partial charge on any atom is -0.493 e. The van der Waals surface area contributed by atoms with Crippen LogP contribution in [0.15, 0.2) is 16.0 Å². The molecule has 0 bridgehead atoms. The summed E-state index contributed by atoms with van der Waals surface area (Å²) in [5, 5.41) is 9.55. The summed E-state index contributed by atoms with van der Waals surface area (Å²) in [7, 11) is 1.63. The highest BCUT2D eigenvalue weighted by Gasteiger charge is 2.03. The van der Waals surface area contributed by atoms with E-state index in [2.05, 4.69) is 4.98 Å². The van der Waals surface area contributed by atoms with Gasteiger partial charge in [0.1, 0.15) is 0 Å². The molecule has 0 aliphatic heterocycles. The van der Waals surface area contributed by atoms with Crippen molar-refractivity contribution < 1.29 is 5.11 Å². The molecule has 66 valence electrons. The van der Waals surface area contributed by atoms with Crippen LogP contribution in [0, 0.1) is 0 Å². The second-order valence-electron chi connectivity index (χ2n) is 2.23. The molecule has 5 heteroatoms. The van der Waals surface area contributed by atoms with Gasteiger partial charge in [0.15, 0.2) is 5.16 Å². The number of hydrogen-bond donors (Lipinski definition) is 1. The monoisotopic (exact) mass is 186 g/mol. The van der Waals surface area contributed by atoms with E-state index in [1.54, 1.807) is 7.05 Å². The molecule has 1 N–H and O–H groups in total. The normalized spacial score (nSPS) is 10.2. The number of thioether (sulfide) groups is 1. The summed E-state index contributed by atoms with van der Waals surface area (Å²) in [6, 6.07) is 1.10. The smallest absolute Gasteiger partial charge is 0.257 e. The van der Waals surface area contributed by atoms with Gasteiger partial charge in [0.25, 0.3) is 5.56 Å². The third kappa shape index (κ3) is 1.79. The molecule has 0 atom stereocenters. The molecule has 0 spiro atoms. The summed E-state index contributed by atoms with van der Waals surface area (Å²) in [4.78, 5) is 14.9. The van der Waals surface area contributed by atoms with E-state index in [-0.39, 0.29) is 11.4 Å². The van der Waals surface area contributed by atoms with Gasteiger partial charge < -0.3 is 5.11 Å². The molecule has 0 saturated heterocycles. The van der Waals surface area contributed by atoms with Crippen LogP contribution in [0.5, 0.6) is 5.88 Å². The maximum atomic E-state index is 11.1. The topological polar surface area (TPSA) is 55.1 Å². The van der Waals surface area contributed by atoms with Crippen LogP contribution in [0.25, 0.3) is 0 Å². The van der Waals surface area contributed by atoms with Crippen molar-refractivity contribution in [2.24, 2.45) is 7.05 Å². The first-order valence-corrected chi connectivity index (χ1v) is 4.53. The summed E-state index contributed by atoms with van der Waals surface area (Å²) >= 11 is 1.42. The molecule has 0 saturated carbocycles. The van der Waals surface area contributed by atoms with Gasteiger partial charge in [0.2, 0.25) is 5.88 Å². The van der Waals surface area contributed by atoms with Crippen LogP contribution >= 0.6 is 11.8 Å². The molecule has 1 heterocycles. The lowest BCUT2D eigenvalue weighted by Crippen LogP contribution is -2.18. The molecular formula is C7H10N2O2S. The summed E-state index contributed by atoms with van der Waals surface area (Å²) in [6.45, 7) is 1.96. The minimum absolute atomic E-state index is 0.214. The summed E-state index contributed by atoms with van der Waals surface area (Å²) in [6.07, 6.45) is 0. The Bertz CT molecular complexity index is 335.